The van der Waals surface area contributed by atoms with Gasteiger partial charge in [0.25, 0.3) is 0 Å². The predicted molar refractivity (Wildman–Crippen MR) is 70.0 cm³/mol. The second kappa shape index (κ2) is 6.29. The standard InChI is InChI=1S/C13H25N3O2/c1-6-13(5,17-7-2)12-15-11(18-16-12)10(14)8-9(3)4/h9-10H,6-8,14H2,1-5H3. The van der Waals surface area contributed by atoms with Crippen molar-refractivity contribution in [3.05, 3.63) is 11.7 Å². The molecule has 0 aliphatic carbocycles. The number of aromatic nitrogens is 2. The smallest absolute Gasteiger partial charge is 0.243 e. The van der Waals surface area contributed by atoms with Crippen molar-refractivity contribution in [1.29, 1.82) is 0 Å². The van der Waals surface area contributed by atoms with E-state index < -0.39 is 5.60 Å². The molecule has 0 aliphatic heterocycles. The number of rotatable bonds is 7. The summed E-state index contributed by atoms with van der Waals surface area (Å²) in [6.45, 7) is 10.8. The Kier molecular flexibility index (Phi) is 5.28. The Labute approximate surface area is 109 Å². The average Bonchev–Trinajstić information content (AvgIpc) is 2.78. The van der Waals surface area contributed by atoms with Crippen LogP contribution >= 0.6 is 0 Å². The van der Waals surface area contributed by atoms with Crippen molar-refractivity contribution in [2.24, 2.45) is 11.7 Å². The molecular weight excluding hydrogens is 230 g/mol. The van der Waals surface area contributed by atoms with Crippen molar-refractivity contribution in [2.75, 3.05) is 6.61 Å². The Morgan fingerprint density at radius 2 is 2.06 bits per heavy atom. The Hall–Kier alpha value is -0.940. The van der Waals surface area contributed by atoms with Gasteiger partial charge in [-0.3, -0.25) is 0 Å². The number of hydrogen-bond acceptors (Lipinski definition) is 5. The highest BCUT2D eigenvalue weighted by Crippen LogP contribution is 2.28. The molecule has 1 rings (SSSR count). The Morgan fingerprint density at radius 3 is 2.56 bits per heavy atom. The minimum Gasteiger partial charge on any atom is -0.367 e. The molecule has 5 heteroatoms. The summed E-state index contributed by atoms with van der Waals surface area (Å²) in [5.74, 6) is 1.58. The highest BCUT2D eigenvalue weighted by molar-refractivity contribution is 5.01. The maximum Gasteiger partial charge on any atom is 0.243 e. The van der Waals surface area contributed by atoms with Crippen molar-refractivity contribution >= 4 is 0 Å². The Balaban J connectivity index is 2.84. The fraction of sp³-hybridized carbons (Fsp3) is 0.846. The van der Waals surface area contributed by atoms with E-state index in [1.165, 1.54) is 0 Å². The van der Waals surface area contributed by atoms with Gasteiger partial charge in [-0.15, -0.1) is 0 Å². The SMILES string of the molecule is CCOC(C)(CC)c1noc(C(N)CC(C)C)n1. The molecule has 0 saturated heterocycles. The van der Waals surface area contributed by atoms with Gasteiger partial charge in [-0.1, -0.05) is 25.9 Å². The van der Waals surface area contributed by atoms with Crippen LogP contribution in [0.3, 0.4) is 0 Å². The van der Waals surface area contributed by atoms with E-state index in [-0.39, 0.29) is 6.04 Å². The monoisotopic (exact) mass is 255 g/mol. The van der Waals surface area contributed by atoms with Gasteiger partial charge in [0, 0.05) is 6.61 Å². The van der Waals surface area contributed by atoms with Gasteiger partial charge in [-0.2, -0.15) is 4.98 Å². The van der Waals surface area contributed by atoms with Crippen LogP contribution in [-0.4, -0.2) is 16.7 Å². The highest BCUT2D eigenvalue weighted by atomic mass is 16.5. The van der Waals surface area contributed by atoms with E-state index in [0.29, 0.717) is 24.2 Å². The zero-order valence-electron chi connectivity index (χ0n) is 12.1. The molecule has 0 fully saturated rings. The predicted octanol–water partition coefficient (Wildman–Crippen LogP) is 2.78. The molecule has 18 heavy (non-hydrogen) atoms. The lowest BCUT2D eigenvalue weighted by Crippen LogP contribution is -2.26. The topological polar surface area (TPSA) is 74.2 Å². The van der Waals surface area contributed by atoms with Crippen molar-refractivity contribution < 1.29 is 9.26 Å². The first-order valence-electron chi connectivity index (χ1n) is 6.66. The molecular formula is C13H25N3O2. The summed E-state index contributed by atoms with van der Waals surface area (Å²) in [5.41, 5.74) is 5.54. The van der Waals surface area contributed by atoms with Crippen LogP contribution in [0, 0.1) is 5.92 Å². The van der Waals surface area contributed by atoms with Gasteiger partial charge in [0.2, 0.25) is 11.7 Å². The van der Waals surface area contributed by atoms with E-state index in [0.717, 1.165) is 12.8 Å². The van der Waals surface area contributed by atoms with Crippen molar-refractivity contribution in [3.8, 4) is 0 Å². The summed E-state index contributed by atoms with van der Waals surface area (Å²) in [4.78, 5) is 4.40. The average molecular weight is 255 g/mol. The number of hydrogen-bond donors (Lipinski definition) is 1. The van der Waals surface area contributed by atoms with Gasteiger partial charge in [0.1, 0.15) is 5.60 Å². The zero-order chi connectivity index (χ0) is 13.8. The van der Waals surface area contributed by atoms with Gasteiger partial charge in [0.05, 0.1) is 6.04 Å². The van der Waals surface area contributed by atoms with Crippen LogP contribution in [0.15, 0.2) is 4.52 Å². The molecule has 0 bridgehead atoms. The van der Waals surface area contributed by atoms with Crippen LogP contribution in [0.5, 0.6) is 0 Å². The molecule has 1 aromatic rings. The molecule has 2 N–H and O–H groups in total. The van der Waals surface area contributed by atoms with Crippen molar-refractivity contribution in [1.82, 2.24) is 10.1 Å². The highest BCUT2D eigenvalue weighted by Gasteiger charge is 2.31. The third kappa shape index (κ3) is 3.53. The molecule has 1 aromatic heterocycles. The zero-order valence-corrected chi connectivity index (χ0v) is 12.1. The first kappa shape index (κ1) is 15.1. The van der Waals surface area contributed by atoms with Crippen LogP contribution in [0.25, 0.3) is 0 Å². The number of nitrogens with zero attached hydrogens (tertiary/aromatic N) is 2. The van der Waals surface area contributed by atoms with E-state index in [9.17, 15) is 0 Å². The van der Waals surface area contributed by atoms with Crippen molar-refractivity contribution in [3.63, 3.8) is 0 Å². The van der Waals surface area contributed by atoms with E-state index >= 15 is 0 Å². The summed E-state index contributed by atoms with van der Waals surface area (Å²) in [5, 5.41) is 4.01. The lowest BCUT2D eigenvalue weighted by atomic mass is 10.0. The fourth-order valence-corrected chi connectivity index (χ4v) is 1.85. The molecule has 104 valence electrons. The number of ether oxygens (including phenoxy) is 1. The molecule has 0 radical (unpaired) electrons. The summed E-state index contributed by atoms with van der Waals surface area (Å²) >= 11 is 0. The Bertz CT molecular complexity index is 365. The molecule has 0 saturated carbocycles. The van der Waals surface area contributed by atoms with E-state index in [1.54, 1.807) is 0 Å². The quantitative estimate of drug-likeness (QED) is 0.811. The summed E-state index contributed by atoms with van der Waals surface area (Å²) < 4.78 is 11.0. The van der Waals surface area contributed by atoms with Crippen LogP contribution in [-0.2, 0) is 10.3 Å². The van der Waals surface area contributed by atoms with Crippen LogP contribution in [0.1, 0.15) is 65.2 Å². The minimum absolute atomic E-state index is 0.200. The summed E-state index contributed by atoms with van der Waals surface area (Å²) in [6, 6.07) is -0.200. The fourth-order valence-electron chi connectivity index (χ4n) is 1.85. The summed E-state index contributed by atoms with van der Waals surface area (Å²) in [7, 11) is 0. The second-order valence-electron chi connectivity index (χ2n) is 5.21. The van der Waals surface area contributed by atoms with Crippen LogP contribution in [0.4, 0.5) is 0 Å². The van der Waals surface area contributed by atoms with Gasteiger partial charge in [-0.25, -0.2) is 0 Å². The van der Waals surface area contributed by atoms with E-state index in [2.05, 4.69) is 24.0 Å². The van der Waals surface area contributed by atoms with Gasteiger partial charge >= 0.3 is 0 Å². The van der Waals surface area contributed by atoms with E-state index in [4.69, 9.17) is 15.0 Å². The third-order valence-corrected chi connectivity index (χ3v) is 3.09. The largest absolute Gasteiger partial charge is 0.367 e. The maximum atomic E-state index is 6.03. The molecule has 0 aromatic carbocycles. The molecule has 2 atom stereocenters. The van der Waals surface area contributed by atoms with Gasteiger partial charge in [-0.05, 0) is 32.6 Å². The first-order valence-corrected chi connectivity index (χ1v) is 6.66. The molecule has 2 unspecified atom stereocenters. The molecule has 5 nitrogen and oxygen atoms in total. The lowest BCUT2D eigenvalue weighted by molar-refractivity contribution is -0.0403. The summed E-state index contributed by atoms with van der Waals surface area (Å²) in [6.07, 6.45) is 1.62. The van der Waals surface area contributed by atoms with Crippen LogP contribution in [0.2, 0.25) is 0 Å². The van der Waals surface area contributed by atoms with Gasteiger partial charge in [0.15, 0.2) is 0 Å². The third-order valence-electron chi connectivity index (χ3n) is 3.09. The molecule has 1 heterocycles. The first-order chi connectivity index (χ1) is 8.42. The van der Waals surface area contributed by atoms with Crippen LogP contribution < -0.4 is 5.73 Å². The van der Waals surface area contributed by atoms with Gasteiger partial charge < -0.3 is 15.0 Å². The lowest BCUT2D eigenvalue weighted by Gasteiger charge is -2.23. The van der Waals surface area contributed by atoms with Crippen molar-refractivity contribution in [2.45, 2.75) is 59.1 Å². The van der Waals surface area contributed by atoms with E-state index in [1.807, 2.05) is 20.8 Å². The Morgan fingerprint density at radius 1 is 1.39 bits per heavy atom. The molecule has 0 spiro atoms. The normalized spacial score (nSPS) is 16.8. The second-order valence-corrected chi connectivity index (χ2v) is 5.21. The number of nitrogens with two attached hydrogens (primary N) is 1. The minimum atomic E-state index is -0.492. The maximum absolute atomic E-state index is 6.03. The molecule has 0 amide bonds. The molecule has 0 aliphatic rings.